The van der Waals surface area contributed by atoms with Gasteiger partial charge in [-0.05, 0) is 55.3 Å². The highest BCUT2D eigenvalue weighted by molar-refractivity contribution is 7.15. The summed E-state index contributed by atoms with van der Waals surface area (Å²) in [6, 6.07) is 16.0. The normalized spacial score (nSPS) is 10.9. The lowest BCUT2D eigenvalue weighted by molar-refractivity contribution is -0.112. The Kier molecular flexibility index (Phi) is 8.25. The van der Waals surface area contributed by atoms with Crippen LogP contribution in [-0.4, -0.2) is 25.1 Å². The van der Waals surface area contributed by atoms with Gasteiger partial charge in [0.05, 0.1) is 13.2 Å². The van der Waals surface area contributed by atoms with E-state index >= 15 is 0 Å². The number of anilines is 1. The highest BCUT2D eigenvalue weighted by atomic mass is 35.5. The zero-order valence-corrected chi connectivity index (χ0v) is 19.6. The molecular weight excluding hydrogens is 460 g/mol. The van der Waals surface area contributed by atoms with Gasteiger partial charge >= 0.3 is 5.97 Å². The topological polar surface area (TPSA) is 88.4 Å². The Morgan fingerprint density at radius 1 is 1.09 bits per heavy atom. The Labute approximate surface area is 201 Å². The van der Waals surface area contributed by atoms with Gasteiger partial charge in [0.1, 0.15) is 28.0 Å². The minimum Gasteiger partial charge on any atom is -0.494 e. The van der Waals surface area contributed by atoms with Crippen molar-refractivity contribution in [3.05, 3.63) is 75.6 Å². The lowest BCUT2D eigenvalue weighted by Gasteiger charge is -2.09. The minimum atomic E-state index is -0.624. The van der Waals surface area contributed by atoms with Gasteiger partial charge in [-0.3, -0.25) is 4.79 Å². The van der Waals surface area contributed by atoms with Crippen molar-refractivity contribution in [2.45, 2.75) is 13.8 Å². The van der Waals surface area contributed by atoms with Crippen LogP contribution in [0.2, 0.25) is 5.02 Å². The van der Waals surface area contributed by atoms with E-state index in [0.29, 0.717) is 33.5 Å². The van der Waals surface area contributed by atoms with Crippen molar-refractivity contribution in [2.75, 3.05) is 18.5 Å². The van der Waals surface area contributed by atoms with Crippen molar-refractivity contribution >= 4 is 45.9 Å². The maximum Gasteiger partial charge on any atom is 0.341 e. The van der Waals surface area contributed by atoms with Crippen LogP contribution in [0.1, 0.15) is 29.8 Å². The van der Waals surface area contributed by atoms with E-state index in [1.165, 1.54) is 17.4 Å². The molecule has 33 heavy (non-hydrogen) atoms. The molecule has 0 saturated heterocycles. The summed E-state index contributed by atoms with van der Waals surface area (Å²) in [6.07, 6.45) is 1.48. The fraction of sp³-hybridized carbons (Fsp3) is 0.160. The molecule has 0 radical (unpaired) electrons. The number of benzene rings is 2. The fourth-order valence-corrected chi connectivity index (χ4v) is 4.09. The van der Waals surface area contributed by atoms with Gasteiger partial charge in [-0.2, -0.15) is 5.26 Å². The SMILES string of the molecule is CCOC(=O)c1c(-c2ccc(Cl)cc2)csc1NC(=O)C(C#N)=Cc1ccc(OCC)cc1. The first-order valence-electron chi connectivity index (χ1n) is 10.2. The molecule has 0 atom stereocenters. The summed E-state index contributed by atoms with van der Waals surface area (Å²) in [5.41, 5.74) is 2.17. The third-order valence-electron chi connectivity index (χ3n) is 4.52. The molecular formula is C25H21ClN2O4S. The fourth-order valence-electron chi connectivity index (χ4n) is 3.01. The number of nitrogens with zero attached hydrogens (tertiary/aromatic N) is 1. The van der Waals surface area contributed by atoms with Crippen LogP contribution in [0.15, 0.2) is 59.5 Å². The average Bonchev–Trinajstić information content (AvgIpc) is 3.22. The highest BCUT2D eigenvalue weighted by Crippen LogP contribution is 2.37. The molecule has 3 rings (SSSR count). The number of thiophene rings is 1. The number of nitriles is 1. The van der Waals surface area contributed by atoms with Gasteiger partial charge in [0.15, 0.2) is 0 Å². The molecule has 1 aromatic heterocycles. The molecule has 168 valence electrons. The maximum absolute atomic E-state index is 12.9. The van der Waals surface area contributed by atoms with Gasteiger partial charge in [0.25, 0.3) is 5.91 Å². The number of esters is 1. The summed E-state index contributed by atoms with van der Waals surface area (Å²) >= 11 is 7.16. The predicted molar refractivity (Wildman–Crippen MR) is 131 cm³/mol. The second-order valence-corrected chi connectivity index (χ2v) is 8.02. The van der Waals surface area contributed by atoms with E-state index in [1.54, 1.807) is 60.8 Å². The van der Waals surface area contributed by atoms with E-state index in [0.717, 1.165) is 5.56 Å². The molecule has 0 fully saturated rings. The number of nitrogens with one attached hydrogen (secondary N) is 1. The van der Waals surface area contributed by atoms with E-state index in [-0.39, 0.29) is 17.7 Å². The number of halogens is 1. The van der Waals surface area contributed by atoms with Gasteiger partial charge in [-0.15, -0.1) is 11.3 Å². The van der Waals surface area contributed by atoms with Gasteiger partial charge in [-0.25, -0.2) is 4.79 Å². The lowest BCUT2D eigenvalue weighted by Crippen LogP contribution is -2.16. The van der Waals surface area contributed by atoms with Crippen molar-refractivity contribution in [1.29, 1.82) is 5.26 Å². The van der Waals surface area contributed by atoms with Crippen molar-refractivity contribution in [2.24, 2.45) is 0 Å². The number of ether oxygens (including phenoxy) is 2. The zero-order chi connectivity index (χ0) is 23.8. The molecule has 0 unspecified atom stereocenters. The van der Waals surface area contributed by atoms with Crippen LogP contribution in [0.5, 0.6) is 5.75 Å². The molecule has 0 saturated carbocycles. The van der Waals surface area contributed by atoms with Crippen molar-refractivity contribution in [1.82, 2.24) is 0 Å². The zero-order valence-electron chi connectivity index (χ0n) is 18.1. The van der Waals surface area contributed by atoms with Crippen LogP contribution in [-0.2, 0) is 9.53 Å². The Balaban J connectivity index is 1.90. The Hall–Kier alpha value is -3.60. The van der Waals surface area contributed by atoms with Crippen molar-refractivity contribution in [3.8, 4) is 22.9 Å². The van der Waals surface area contributed by atoms with E-state index in [1.807, 2.05) is 13.0 Å². The van der Waals surface area contributed by atoms with Crippen LogP contribution < -0.4 is 10.1 Å². The molecule has 1 heterocycles. The van der Waals surface area contributed by atoms with E-state index < -0.39 is 11.9 Å². The summed E-state index contributed by atoms with van der Waals surface area (Å²) in [5, 5.41) is 14.9. The minimum absolute atomic E-state index is 0.101. The molecule has 0 aliphatic heterocycles. The quantitative estimate of drug-likeness (QED) is 0.236. The number of amides is 1. The second kappa shape index (κ2) is 11.3. The predicted octanol–water partition coefficient (Wildman–Crippen LogP) is 6.19. The molecule has 8 heteroatoms. The third-order valence-corrected chi connectivity index (χ3v) is 5.67. The lowest BCUT2D eigenvalue weighted by atomic mass is 10.0. The Morgan fingerprint density at radius 3 is 2.39 bits per heavy atom. The maximum atomic E-state index is 12.9. The van der Waals surface area contributed by atoms with Gasteiger partial charge in [0, 0.05) is 16.0 Å². The van der Waals surface area contributed by atoms with Gasteiger partial charge in [0.2, 0.25) is 0 Å². The van der Waals surface area contributed by atoms with Gasteiger partial charge < -0.3 is 14.8 Å². The van der Waals surface area contributed by atoms with Crippen molar-refractivity contribution < 1.29 is 19.1 Å². The summed E-state index contributed by atoms with van der Waals surface area (Å²) < 4.78 is 10.6. The third kappa shape index (κ3) is 6.01. The van der Waals surface area contributed by atoms with E-state index in [4.69, 9.17) is 21.1 Å². The molecule has 0 aliphatic carbocycles. The summed E-state index contributed by atoms with van der Waals surface area (Å²) in [4.78, 5) is 25.6. The van der Waals surface area contributed by atoms with Crippen LogP contribution in [0, 0.1) is 11.3 Å². The van der Waals surface area contributed by atoms with Crippen LogP contribution in [0.4, 0.5) is 5.00 Å². The van der Waals surface area contributed by atoms with Crippen LogP contribution in [0.3, 0.4) is 0 Å². The average molecular weight is 481 g/mol. The summed E-state index contributed by atoms with van der Waals surface area (Å²) in [5.74, 6) is -0.487. The summed E-state index contributed by atoms with van der Waals surface area (Å²) in [7, 11) is 0. The number of hydrogen-bond donors (Lipinski definition) is 1. The Bertz CT molecular complexity index is 1210. The molecule has 1 amide bonds. The summed E-state index contributed by atoms with van der Waals surface area (Å²) in [6.45, 7) is 4.32. The monoisotopic (exact) mass is 480 g/mol. The van der Waals surface area contributed by atoms with Gasteiger partial charge in [-0.1, -0.05) is 35.9 Å². The van der Waals surface area contributed by atoms with Crippen LogP contribution >= 0.6 is 22.9 Å². The second-order valence-electron chi connectivity index (χ2n) is 6.71. The number of carbonyl (C=O) groups excluding carboxylic acids is 2. The largest absolute Gasteiger partial charge is 0.494 e. The molecule has 3 aromatic rings. The highest BCUT2D eigenvalue weighted by Gasteiger charge is 2.23. The molecule has 2 aromatic carbocycles. The first-order chi connectivity index (χ1) is 16.0. The van der Waals surface area contributed by atoms with Crippen molar-refractivity contribution in [3.63, 3.8) is 0 Å². The first-order valence-corrected chi connectivity index (χ1v) is 11.4. The first kappa shape index (κ1) is 24.1. The Morgan fingerprint density at radius 2 is 1.79 bits per heavy atom. The molecule has 1 N–H and O–H groups in total. The number of hydrogen-bond acceptors (Lipinski definition) is 6. The number of rotatable bonds is 8. The number of carbonyl (C=O) groups is 2. The standard InChI is InChI=1S/C25H21ClN2O4S/c1-3-31-20-11-5-16(6-12-20)13-18(14-27)23(29)28-24-22(25(30)32-4-2)21(15-33-24)17-7-9-19(26)10-8-17/h5-13,15H,3-4H2,1-2H3,(H,28,29). The molecule has 0 bridgehead atoms. The molecule has 0 aliphatic rings. The molecule has 0 spiro atoms. The van der Waals surface area contributed by atoms with Crippen LogP contribution in [0.25, 0.3) is 17.2 Å². The van der Waals surface area contributed by atoms with E-state index in [9.17, 15) is 14.9 Å². The molecule has 6 nitrogen and oxygen atoms in total. The van der Waals surface area contributed by atoms with E-state index in [2.05, 4.69) is 5.32 Å². The smallest absolute Gasteiger partial charge is 0.341 e.